The molecule has 0 fully saturated rings. The molecule has 0 aliphatic rings. The number of ether oxygens (including phenoxy) is 1. The first kappa shape index (κ1) is 14.6. The van der Waals surface area contributed by atoms with Gasteiger partial charge in [0.15, 0.2) is 17.2 Å². The molecule has 0 aliphatic heterocycles. The van der Waals surface area contributed by atoms with Crippen LogP contribution in [0.5, 0.6) is 5.75 Å². The molecule has 24 heavy (non-hydrogen) atoms. The van der Waals surface area contributed by atoms with Crippen LogP contribution in [0.4, 0.5) is 0 Å². The normalized spacial score (nSPS) is 11.6. The van der Waals surface area contributed by atoms with E-state index in [0.29, 0.717) is 17.2 Å². The van der Waals surface area contributed by atoms with E-state index in [1.807, 2.05) is 54.5 Å². The molecule has 0 atom stereocenters. The van der Waals surface area contributed by atoms with Gasteiger partial charge in [0.05, 0.1) is 17.5 Å². The maximum atomic E-state index is 5.30. The van der Waals surface area contributed by atoms with Crippen molar-refractivity contribution in [3.8, 4) is 16.3 Å². The predicted octanol–water partition coefficient (Wildman–Crippen LogP) is 2.77. The monoisotopic (exact) mass is 338 g/mol. The summed E-state index contributed by atoms with van der Waals surface area (Å²) < 4.78 is 8.95. The second kappa shape index (κ2) is 5.89. The zero-order chi connectivity index (χ0) is 16.5. The second-order valence-electron chi connectivity index (χ2n) is 5.11. The number of imidazole rings is 1. The standard InChI is InChI=1S/C16H14N6OS/c1-21-9-11(13-8-17-10-24-13)18-15(21)6-5-14-19-16-12(23-2)4-3-7-22(16)20-14/h3-10H,1-2H3. The molecule has 0 unspecified atom stereocenters. The Morgan fingerprint density at radius 1 is 1.25 bits per heavy atom. The molecule has 0 radical (unpaired) electrons. The lowest BCUT2D eigenvalue weighted by Crippen LogP contribution is -1.90. The van der Waals surface area contributed by atoms with Crippen molar-refractivity contribution in [2.24, 2.45) is 7.05 Å². The van der Waals surface area contributed by atoms with Crippen molar-refractivity contribution in [1.29, 1.82) is 0 Å². The third-order valence-corrected chi connectivity index (χ3v) is 4.34. The molecule has 8 heteroatoms. The van der Waals surface area contributed by atoms with Gasteiger partial charge in [-0.05, 0) is 24.3 Å². The van der Waals surface area contributed by atoms with Gasteiger partial charge in [0.1, 0.15) is 11.5 Å². The average molecular weight is 338 g/mol. The predicted molar refractivity (Wildman–Crippen MR) is 92.8 cm³/mol. The Bertz CT molecular complexity index is 1010. The Kier molecular flexibility index (Phi) is 3.58. The Morgan fingerprint density at radius 2 is 2.17 bits per heavy atom. The lowest BCUT2D eigenvalue weighted by Gasteiger charge is -1.98. The van der Waals surface area contributed by atoms with Crippen LogP contribution in [0.25, 0.3) is 28.4 Å². The minimum absolute atomic E-state index is 0.599. The van der Waals surface area contributed by atoms with Crippen molar-refractivity contribution < 1.29 is 4.74 Å². The highest BCUT2D eigenvalue weighted by Crippen LogP contribution is 2.22. The Balaban J connectivity index is 1.66. The highest BCUT2D eigenvalue weighted by Gasteiger charge is 2.08. The third-order valence-electron chi connectivity index (χ3n) is 3.54. The summed E-state index contributed by atoms with van der Waals surface area (Å²) in [7, 11) is 3.58. The highest BCUT2D eigenvalue weighted by atomic mass is 32.1. The van der Waals surface area contributed by atoms with Gasteiger partial charge in [0, 0.05) is 25.6 Å². The third kappa shape index (κ3) is 2.56. The van der Waals surface area contributed by atoms with E-state index < -0.39 is 0 Å². The van der Waals surface area contributed by atoms with Crippen LogP contribution in [0, 0.1) is 0 Å². The molecule has 0 N–H and O–H groups in total. The van der Waals surface area contributed by atoms with E-state index in [0.717, 1.165) is 16.4 Å². The number of rotatable bonds is 4. The van der Waals surface area contributed by atoms with Crippen LogP contribution in [0.15, 0.2) is 36.2 Å². The molecule has 0 aliphatic carbocycles. The number of hydrogen-bond donors (Lipinski definition) is 0. The number of aryl methyl sites for hydroxylation is 1. The number of thiazole rings is 1. The number of nitrogens with zero attached hydrogens (tertiary/aromatic N) is 6. The van der Waals surface area contributed by atoms with Crippen LogP contribution in [-0.2, 0) is 7.05 Å². The van der Waals surface area contributed by atoms with E-state index in [1.54, 1.807) is 28.5 Å². The summed E-state index contributed by atoms with van der Waals surface area (Å²) in [6, 6.07) is 3.73. The van der Waals surface area contributed by atoms with Gasteiger partial charge in [0.25, 0.3) is 0 Å². The van der Waals surface area contributed by atoms with Crippen LogP contribution in [0.2, 0.25) is 0 Å². The lowest BCUT2D eigenvalue weighted by molar-refractivity contribution is 0.416. The summed E-state index contributed by atoms with van der Waals surface area (Å²) in [6.45, 7) is 0. The summed E-state index contributed by atoms with van der Waals surface area (Å²) in [6.07, 6.45) is 9.37. The minimum Gasteiger partial charge on any atom is -0.493 e. The first-order chi connectivity index (χ1) is 11.7. The van der Waals surface area contributed by atoms with E-state index in [4.69, 9.17) is 4.74 Å². The fourth-order valence-corrected chi connectivity index (χ4v) is 2.95. The topological polar surface area (TPSA) is 70.1 Å². The van der Waals surface area contributed by atoms with Crippen LogP contribution in [-0.4, -0.2) is 36.2 Å². The molecule has 4 rings (SSSR count). The van der Waals surface area contributed by atoms with Gasteiger partial charge in [-0.15, -0.1) is 16.4 Å². The average Bonchev–Trinajstić information content (AvgIpc) is 3.31. The molecule has 4 aromatic heterocycles. The largest absolute Gasteiger partial charge is 0.493 e. The SMILES string of the molecule is COc1cccn2nc(C=Cc3nc(-c4cncs4)cn3C)nc12. The summed E-state index contributed by atoms with van der Waals surface area (Å²) >= 11 is 1.57. The molecular weight excluding hydrogens is 324 g/mol. The molecule has 0 saturated heterocycles. The van der Waals surface area contributed by atoms with Crippen molar-refractivity contribution in [3.05, 3.63) is 47.9 Å². The Labute approximate surface area is 141 Å². The van der Waals surface area contributed by atoms with Crippen LogP contribution < -0.4 is 4.74 Å². The smallest absolute Gasteiger partial charge is 0.198 e. The Hall–Kier alpha value is -3.00. The van der Waals surface area contributed by atoms with Gasteiger partial charge in [-0.1, -0.05) is 0 Å². The maximum Gasteiger partial charge on any atom is 0.198 e. The summed E-state index contributed by atoms with van der Waals surface area (Å²) in [5.41, 5.74) is 3.39. The number of fused-ring (bicyclic) bond motifs is 1. The number of pyridine rings is 1. The summed E-state index contributed by atoms with van der Waals surface area (Å²) in [5, 5.41) is 4.42. The van der Waals surface area contributed by atoms with E-state index in [2.05, 4.69) is 20.1 Å². The maximum absolute atomic E-state index is 5.30. The lowest BCUT2D eigenvalue weighted by atomic mass is 10.4. The molecule has 0 spiro atoms. The first-order valence-corrected chi connectivity index (χ1v) is 8.12. The quantitative estimate of drug-likeness (QED) is 0.572. The molecule has 0 amide bonds. The van der Waals surface area contributed by atoms with Crippen molar-refractivity contribution >= 4 is 29.1 Å². The summed E-state index contributed by atoms with van der Waals surface area (Å²) in [5.74, 6) is 2.11. The van der Waals surface area contributed by atoms with Gasteiger partial charge >= 0.3 is 0 Å². The fourth-order valence-electron chi connectivity index (χ4n) is 2.37. The number of hydrogen-bond acceptors (Lipinski definition) is 6. The van der Waals surface area contributed by atoms with E-state index in [-0.39, 0.29) is 0 Å². The van der Waals surface area contributed by atoms with E-state index >= 15 is 0 Å². The van der Waals surface area contributed by atoms with Crippen molar-refractivity contribution in [3.63, 3.8) is 0 Å². The van der Waals surface area contributed by atoms with Gasteiger partial charge in [-0.3, -0.25) is 4.98 Å². The van der Waals surface area contributed by atoms with Crippen LogP contribution in [0.3, 0.4) is 0 Å². The zero-order valence-corrected chi connectivity index (χ0v) is 13.9. The van der Waals surface area contributed by atoms with Gasteiger partial charge in [0.2, 0.25) is 0 Å². The van der Waals surface area contributed by atoms with Crippen molar-refractivity contribution in [1.82, 2.24) is 29.1 Å². The molecule has 4 heterocycles. The Morgan fingerprint density at radius 3 is 2.96 bits per heavy atom. The van der Waals surface area contributed by atoms with Gasteiger partial charge in [-0.2, -0.15) is 0 Å². The van der Waals surface area contributed by atoms with E-state index in [9.17, 15) is 0 Å². The first-order valence-electron chi connectivity index (χ1n) is 7.24. The number of aromatic nitrogens is 6. The van der Waals surface area contributed by atoms with Gasteiger partial charge < -0.3 is 9.30 Å². The summed E-state index contributed by atoms with van der Waals surface area (Å²) in [4.78, 5) is 14.2. The van der Waals surface area contributed by atoms with Crippen molar-refractivity contribution in [2.75, 3.05) is 7.11 Å². The molecule has 7 nitrogen and oxygen atoms in total. The van der Waals surface area contributed by atoms with Crippen molar-refractivity contribution in [2.45, 2.75) is 0 Å². The highest BCUT2D eigenvalue weighted by molar-refractivity contribution is 7.13. The zero-order valence-electron chi connectivity index (χ0n) is 13.1. The molecular formula is C16H14N6OS. The molecule has 120 valence electrons. The van der Waals surface area contributed by atoms with E-state index in [1.165, 1.54) is 0 Å². The van der Waals surface area contributed by atoms with Crippen LogP contribution >= 0.6 is 11.3 Å². The van der Waals surface area contributed by atoms with Crippen LogP contribution in [0.1, 0.15) is 11.6 Å². The second-order valence-corrected chi connectivity index (χ2v) is 6.00. The number of methoxy groups -OCH3 is 1. The molecule has 0 bridgehead atoms. The molecule has 0 aromatic carbocycles. The molecule has 4 aromatic rings. The minimum atomic E-state index is 0.599. The molecule has 0 saturated carbocycles. The van der Waals surface area contributed by atoms with Gasteiger partial charge in [-0.25, -0.2) is 14.5 Å². The fraction of sp³-hybridized carbons (Fsp3) is 0.125.